The average Bonchev–Trinajstić information content (AvgIpc) is 3.02. The first-order chi connectivity index (χ1) is 10.8. The van der Waals surface area contributed by atoms with E-state index in [1.54, 1.807) is 6.20 Å². The minimum absolute atomic E-state index is 0.468. The third kappa shape index (κ3) is 3.49. The fraction of sp³-hybridized carbons (Fsp3) is 0.235. The third-order valence-electron chi connectivity index (χ3n) is 3.30. The Hall–Kier alpha value is -2.69. The number of nitrogens with zero attached hydrogens (tertiary/aromatic N) is 3. The Labute approximate surface area is 129 Å². The molecule has 0 radical (unpaired) electrons. The molecule has 0 aliphatic heterocycles. The summed E-state index contributed by atoms with van der Waals surface area (Å²) in [5, 5.41) is 11.2. The van der Waals surface area contributed by atoms with Gasteiger partial charge in [-0.25, -0.2) is 0 Å². The van der Waals surface area contributed by atoms with Crippen LogP contribution in [0.2, 0.25) is 0 Å². The summed E-state index contributed by atoms with van der Waals surface area (Å²) in [7, 11) is 0. The lowest BCUT2D eigenvalue weighted by molar-refractivity contribution is 0.501. The molecule has 112 valence electrons. The first-order valence-corrected chi connectivity index (χ1v) is 7.41. The van der Waals surface area contributed by atoms with E-state index in [0.29, 0.717) is 18.5 Å². The molecule has 0 saturated carbocycles. The first kappa shape index (κ1) is 14.3. The van der Waals surface area contributed by atoms with Crippen molar-refractivity contribution in [2.24, 2.45) is 0 Å². The van der Waals surface area contributed by atoms with Crippen molar-refractivity contribution in [1.29, 1.82) is 0 Å². The Morgan fingerprint density at radius 1 is 1.09 bits per heavy atom. The fourth-order valence-corrected chi connectivity index (χ4v) is 2.21. The lowest BCUT2D eigenvalue weighted by Gasteiger charge is -2.05. The summed E-state index contributed by atoms with van der Waals surface area (Å²) in [6, 6.07) is 12.8. The monoisotopic (exact) mass is 294 g/mol. The number of anilines is 1. The zero-order chi connectivity index (χ0) is 15.2. The van der Waals surface area contributed by atoms with Gasteiger partial charge in [0.15, 0.2) is 0 Å². The van der Waals surface area contributed by atoms with Crippen LogP contribution in [0.4, 0.5) is 6.01 Å². The number of nitrogens with one attached hydrogen (secondary N) is 1. The lowest BCUT2D eigenvalue weighted by atomic mass is 10.0. The van der Waals surface area contributed by atoms with Crippen LogP contribution in [0.3, 0.4) is 0 Å². The molecule has 0 aliphatic carbocycles. The van der Waals surface area contributed by atoms with E-state index in [1.807, 2.05) is 18.3 Å². The van der Waals surface area contributed by atoms with Crippen molar-refractivity contribution in [1.82, 2.24) is 15.2 Å². The molecule has 0 bridgehead atoms. The molecule has 0 unspecified atom stereocenters. The normalized spacial score (nSPS) is 10.6. The molecule has 0 spiro atoms. The smallest absolute Gasteiger partial charge is 0.315 e. The Morgan fingerprint density at radius 2 is 2.00 bits per heavy atom. The summed E-state index contributed by atoms with van der Waals surface area (Å²) < 4.78 is 5.52. The van der Waals surface area contributed by atoms with Crippen molar-refractivity contribution in [3.63, 3.8) is 0 Å². The molecule has 0 aliphatic rings. The molecule has 2 aromatic heterocycles. The van der Waals surface area contributed by atoms with E-state index in [4.69, 9.17) is 4.42 Å². The average molecular weight is 294 g/mol. The van der Waals surface area contributed by atoms with Crippen LogP contribution in [0, 0.1) is 0 Å². The molecule has 2 heterocycles. The van der Waals surface area contributed by atoms with Crippen LogP contribution in [0.15, 0.2) is 53.2 Å². The fourth-order valence-electron chi connectivity index (χ4n) is 2.21. The van der Waals surface area contributed by atoms with E-state index in [0.717, 1.165) is 29.5 Å². The zero-order valence-corrected chi connectivity index (χ0v) is 12.5. The van der Waals surface area contributed by atoms with Crippen molar-refractivity contribution in [3.8, 4) is 11.1 Å². The van der Waals surface area contributed by atoms with Crippen LogP contribution in [0.1, 0.15) is 24.8 Å². The highest BCUT2D eigenvalue weighted by atomic mass is 16.4. The molecule has 0 amide bonds. The Bertz CT molecular complexity index is 724. The predicted octanol–water partition coefficient (Wildman–Crippen LogP) is 3.70. The minimum atomic E-state index is 0.468. The van der Waals surface area contributed by atoms with E-state index in [1.165, 1.54) is 0 Å². The number of rotatable bonds is 6. The van der Waals surface area contributed by atoms with Crippen LogP contribution in [-0.2, 0) is 13.0 Å². The molecule has 3 aromatic rings. The van der Waals surface area contributed by atoms with E-state index >= 15 is 0 Å². The second-order valence-corrected chi connectivity index (χ2v) is 5.05. The summed E-state index contributed by atoms with van der Waals surface area (Å²) in [5.41, 5.74) is 3.40. The van der Waals surface area contributed by atoms with Gasteiger partial charge in [0.2, 0.25) is 5.89 Å². The van der Waals surface area contributed by atoms with Gasteiger partial charge in [-0.3, -0.25) is 4.98 Å². The summed E-state index contributed by atoms with van der Waals surface area (Å²) >= 11 is 0. The highest BCUT2D eigenvalue weighted by Gasteiger charge is 2.05. The lowest BCUT2D eigenvalue weighted by Crippen LogP contribution is -1.99. The number of hydrogen-bond acceptors (Lipinski definition) is 5. The van der Waals surface area contributed by atoms with Crippen molar-refractivity contribution < 1.29 is 4.42 Å². The predicted molar refractivity (Wildman–Crippen MR) is 85.3 cm³/mol. The first-order valence-electron chi connectivity index (χ1n) is 7.41. The van der Waals surface area contributed by atoms with Crippen molar-refractivity contribution in [2.75, 3.05) is 5.32 Å². The van der Waals surface area contributed by atoms with Gasteiger partial charge in [-0.05, 0) is 35.2 Å². The van der Waals surface area contributed by atoms with Crippen molar-refractivity contribution >= 4 is 6.01 Å². The third-order valence-corrected chi connectivity index (χ3v) is 3.30. The van der Waals surface area contributed by atoms with Gasteiger partial charge in [0, 0.05) is 25.4 Å². The highest BCUT2D eigenvalue weighted by Crippen LogP contribution is 2.19. The van der Waals surface area contributed by atoms with E-state index in [9.17, 15) is 0 Å². The molecule has 0 fully saturated rings. The molecule has 0 saturated heterocycles. The summed E-state index contributed by atoms with van der Waals surface area (Å²) in [4.78, 5) is 4.16. The van der Waals surface area contributed by atoms with Crippen LogP contribution in [-0.4, -0.2) is 15.2 Å². The van der Waals surface area contributed by atoms with Gasteiger partial charge in [-0.15, -0.1) is 5.10 Å². The standard InChI is InChI=1S/C17H18N4O/c1-2-5-16-20-21-17(22-16)19-11-13-6-3-7-14(10-13)15-8-4-9-18-12-15/h3-4,6-10,12H,2,5,11H2,1H3,(H,19,21). The Balaban J connectivity index is 1.67. The maximum absolute atomic E-state index is 5.52. The molecular weight excluding hydrogens is 276 g/mol. The Morgan fingerprint density at radius 3 is 2.82 bits per heavy atom. The van der Waals surface area contributed by atoms with Crippen molar-refractivity contribution in [2.45, 2.75) is 26.3 Å². The summed E-state index contributed by atoms with van der Waals surface area (Å²) in [5.74, 6) is 0.675. The number of aromatic nitrogens is 3. The van der Waals surface area contributed by atoms with Gasteiger partial charge in [0.1, 0.15) is 0 Å². The van der Waals surface area contributed by atoms with Gasteiger partial charge < -0.3 is 9.73 Å². The van der Waals surface area contributed by atoms with Gasteiger partial charge in [-0.1, -0.05) is 36.3 Å². The largest absolute Gasteiger partial charge is 0.408 e. The topological polar surface area (TPSA) is 63.8 Å². The number of hydrogen-bond donors (Lipinski definition) is 1. The maximum atomic E-state index is 5.52. The molecular formula is C17H18N4O. The molecule has 1 aromatic carbocycles. The second-order valence-electron chi connectivity index (χ2n) is 5.05. The quantitative estimate of drug-likeness (QED) is 0.751. The van der Waals surface area contributed by atoms with Gasteiger partial charge in [-0.2, -0.15) is 0 Å². The van der Waals surface area contributed by atoms with Crippen molar-refractivity contribution in [3.05, 3.63) is 60.2 Å². The van der Waals surface area contributed by atoms with Crippen LogP contribution in [0.5, 0.6) is 0 Å². The van der Waals surface area contributed by atoms with Crippen LogP contribution in [0.25, 0.3) is 11.1 Å². The molecule has 5 heteroatoms. The van der Waals surface area contributed by atoms with Crippen LogP contribution < -0.4 is 5.32 Å². The zero-order valence-electron chi connectivity index (χ0n) is 12.5. The summed E-state index contributed by atoms with van der Waals surface area (Å²) in [6.07, 6.45) is 5.44. The highest BCUT2D eigenvalue weighted by molar-refractivity contribution is 5.63. The van der Waals surface area contributed by atoms with Gasteiger partial charge in [0.05, 0.1) is 0 Å². The molecule has 22 heavy (non-hydrogen) atoms. The summed E-state index contributed by atoms with van der Waals surface area (Å²) in [6.45, 7) is 2.73. The SMILES string of the molecule is CCCc1nnc(NCc2cccc(-c3cccnc3)c2)o1. The van der Waals surface area contributed by atoms with Crippen LogP contribution >= 0.6 is 0 Å². The van der Waals surface area contributed by atoms with Gasteiger partial charge in [0.25, 0.3) is 0 Å². The molecule has 0 atom stereocenters. The second kappa shape index (κ2) is 6.85. The van der Waals surface area contributed by atoms with E-state index < -0.39 is 0 Å². The molecule has 3 rings (SSSR count). The number of benzene rings is 1. The molecule has 1 N–H and O–H groups in total. The number of pyridine rings is 1. The van der Waals surface area contributed by atoms with E-state index in [2.05, 4.69) is 51.7 Å². The number of aryl methyl sites for hydroxylation is 1. The van der Waals surface area contributed by atoms with E-state index in [-0.39, 0.29) is 0 Å². The molecule has 5 nitrogen and oxygen atoms in total. The van der Waals surface area contributed by atoms with Gasteiger partial charge >= 0.3 is 6.01 Å². The maximum Gasteiger partial charge on any atom is 0.315 e. The minimum Gasteiger partial charge on any atom is -0.408 e. The Kier molecular flexibility index (Phi) is 4.44.